The minimum Gasteiger partial charge on any atom is -0.379 e. The van der Waals surface area contributed by atoms with Crippen LogP contribution in [0.5, 0.6) is 0 Å². The molecule has 5 heteroatoms. The van der Waals surface area contributed by atoms with E-state index in [1.165, 1.54) is 0 Å². The van der Waals surface area contributed by atoms with Gasteiger partial charge in [0.15, 0.2) is 0 Å². The van der Waals surface area contributed by atoms with E-state index in [2.05, 4.69) is 6.92 Å². The average molecular weight is 218 g/mol. The molecule has 2 atom stereocenters. The summed E-state index contributed by atoms with van der Waals surface area (Å²) < 4.78 is 5.07. The molecule has 4 nitrogen and oxygen atoms in total. The highest BCUT2D eigenvalue weighted by molar-refractivity contribution is 8.00. The van der Waals surface area contributed by atoms with Crippen molar-refractivity contribution in [2.45, 2.75) is 36.3 Å². The van der Waals surface area contributed by atoms with Crippen molar-refractivity contribution in [2.75, 3.05) is 13.2 Å². The highest BCUT2D eigenvalue weighted by atomic mass is 32.2. The van der Waals surface area contributed by atoms with E-state index in [0.29, 0.717) is 16.9 Å². The lowest BCUT2D eigenvalue weighted by molar-refractivity contribution is -0.122. The van der Waals surface area contributed by atoms with Crippen molar-refractivity contribution in [3.8, 4) is 0 Å². The lowest BCUT2D eigenvalue weighted by Gasteiger charge is -2.31. The molecular weight excluding hydrogens is 200 g/mol. The van der Waals surface area contributed by atoms with Crippen LogP contribution in [0.4, 0.5) is 0 Å². The van der Waals surface area contributed by atoms with Gasteiger partial charge in [-0.25, -0.2) is 0 Å². The van der Waals surface area contributed by atoms with Crippen molar-refractivity contribution in [1.29, 1.82) is 0 Å². The molecule has 82 valence electrons. The molecule has 0 aromatic rings. The molecule has 1 aliphatic rings. The van der Waals surface area contributed by atoms with Crippen molar-refractivity contribution in [1.82, 2.24) is 0 Å². The maximum absolute atomic E-state index is 11.0. The molecule has 1 amide bonds. The third-order valence-corrected chi connectivity index (χ3v) is 3.59. The smallest absolute Gasteiger partial charge is 0.237 e. The Morgan fingerprint density at radius 3 is 2.64 bits per heavy atom. The molecule has 0 spiro atoms. The molecular formula is C9H18N2O2S. The molecule has 0 aromatic carbocycles. The Labute approximate surface area is 88.7 Å². The maximum Gasteiger partial charge on any atom is 0.237 e. The van der Waals surface area contributed by atoms with Gasteiger partial charge in [0, 0.05) is 5.25 Å². The Hall–Kier alpha value is -0.260. The fourth-order valence-corrected chi connectivity index (χ4v) is 2.82. The summed E-state index contributed by atoms with van der Waals surface area (Å²) in [5.41, 5.74) is 10.1. The quantitative estimate of drug-likeness (QED) is 0.686. The van der Waals surface area contributed by atoms with Crippen LogP contribution < -0.4 is 11.5 Å². The van der Waals surface area contributed by atoms with Crippen molar-refractivity contribution >= 4 is 17.7 Å². The van der Waals surface area contributed by atoms with Gasteiger partial charge >= 0.3 is 0 Å². The van der Waals surface area contributed by atoms with Gasteiger partial charge in [0.2, 0.25) is 5.91 Å². The van der Waals surface area contributed by atoms with Crippen LogP contribution in [0, 0.1) is 0 Å². The second-order valence-corrected chi connectivity index (χ2v) is 5.84. The highest BCUT2D eigenvalue weighted by Crippen LogP contribution is 2.28. The normalized spacial score (nSPS) is 23.6. The van der Waals surface area contributed by atoms with Crippen LogP contribution in [-0.4, -0.2) is 35.2 Å². The van der Waals surface area contributed by atoms with E-state index in [1.54, 1.807) is 6.92 Å². The van der Waals surface area contributed by atoms with E-state index >= 15 is 0 Å². The molecule has 1 fully saturated rings. The van der Waals surface area contributed by atoms with Gasteiger partial charge in [-0.05, 0) is 13.3 Å². The van der Waals surface area contributed by atoms with E-state index in [1.807, 2.05) is 11.8 Å². The van der Waals surface area contributed by atoms with Crippen LogP contribution in [0.15, 0.2) is 0 Å². The van der Waals surface area contributed by atoms with Gasteiger partial charge in [0.05, 0.1) is 24.0 Å². The molecule has 2 unspecified atom stereocenters. The Kier molecular flexibility index (Phi) is 3.80. The molecule has 0 aliphatic carbocycles. The third kappa shape index (κ3) is 3.15. The van der Waals surface area contributed by atoms with Crippen molar-refractivity contribution in [2.24, 2.45) is 11.5 Å². The average Bonchev–Trinajstić information content (AvgIpc) is 1.96. The van der Waals surface area contributed by atoms with Gasteiger partial charge in [-0.15, -0.1) is 0 Å². The van der Waals surface area contributed by atoms with Crippen LogP contribution in [0.2, 0.25) is 0 Å². The number of hydrogen-bond donors (Lipinski definition) is 2. The number of hydrogen-bond acceptors (Lipinski definition) is 4. The summed E-state index contributed by atoms with van der Waals surface area (Å²) in [7, 11) is 0. The first-order valence-corrected chi connectivity index (χ1v) is 5.68. The molecule has 0 bridgehead atoms. The number of primary amides is 1. The van der Waals surface area contributed by atoms with Crippen LogP contribution in [0.3, 0.4) is 0 Å². The van der Waals surface area contributed by atoms with Crippen LogP contribution in [0.1, 0.15) is 20.3 Å². The third-order valence-electron chi connectivity index (χ3n) is 2.31. The zero-order valence-corrected chi connectivity index (χ0v) is 9.47. The molecule has 0 saturated carbocycles. The number of amides is 1. The summed E-state index contributed by atoms with van der Waals surface area (Å²) in [6.07, 6.45) is 0.615. The summed E-state index contributed by atoms with van der Waals surface area (Å²) in [6.45, 7) is 5.38. The molecule has 0 aromatic heterocycles. The van der Waals surface area contributed by atoms with E-state index in [4.69, 9.17) is 16.2 Å². The number of carbonyl (C=O) groups is 1. The fourth-order valence-electron chi connectivity index (χ4n) is 1.37. The van der Waals surface area contributed by atoms with Gasteiger partial charge in [0.25, 0.3) is 0 Å². The van der Waals surface area contributed by atoms with E-state index < -0.39 is 11.4 Å². The summed E-state index contributed by atoms with van der Waals surface area (Å²) in [4.78, 5) is 11.0. The van der Waals surface area contributed by atoms with Crippen molar-refractivity contribution in [3.05, 3.63) is 0 Å². The summed E-state index contributed by atoms with van der Waals surface area (Å²) in [5, 5.41) is 0.903. The first-order valence-electron chi connectivity index (χ1n) is 4.74. The number of nitrogens with two attached hydrogens (primary N) is 2. The van der Waals surface area contributed by atoms with Crippen molar-refractivity contribution < 1.29 is 9.53 Å². The predicted octanol–water partition coefficient (Wildman–Crippen LogP) is 0.0997. The SMILES string of the molecule is CC(CC(C)(N)C(N)=O)SC1COC1. The highest BCUT2D eigenvalue weighted by Gasteiger charge is 2.30. The van der Waals surface area contributed by atoms with Crippen LogP contribution in [0.25, 0.3) is 0 Å². The Morgan fingerprint density at radius 1 is 1.71 bits per heavy atom. The first-order chi connectivity index (χ1) is 6.42. The van der Waals surface area contributed by atoms with E-state index in [0.717, 1.165) is 13.2 Å². The molecule has 1 heterocycles. The van der Waals surface area contributed by atoms with Crippen molar-refractivity contribution in [3.63, 3.8) is 0 Å². The zero-order chi connectivity index (χ0) is 10.8. The van der Waals surface area contributed by atoms with Gasteiger partial charge in [-0.2, -0.15) is 11.8 Å². The summed E-state index contributed by atoms with van der Waals surface area (Å²) in [6, 6.07) is 0. The van der Waals surface area contributed by atoms with Gasteiger partial charge in [0.1, 0.15) is 0 Å². The molecule has 14 heavy (non-hydrogen) atoms. The Morgan fingerprint density at radius 2 is 2.29 bits per heavy atom. The monoisotopic (exact) mass is 218 g/mol. The summed E-state index contributed by atoms with van der Waals surface area (Å²) in [5.74, 6) is -0.435. The van der Waals surface area contributed by atoms with Crippen LogP contribution in [-0.2, 0) is 9.53 Å². The lowest BCUT2D eigenvalue weighted by Crippen LogP contribution is -2.51. The molecule has 1 rings (SSSR count). The maximum atomic E-state index is 11.0. The number of ether oxygens (including phenoxy) is 1. The molecule has 0 radical (unpaired) electrons. The van der Waals surface area contributed by atoms with Gasteiger partial charge in [-0.3, -0.25) is 4.79 Å². The number of rotatable bonds is 5. The van der Waals surface area contributed by atoms with E-state index in [9.17, 15) is 4.79 Å². The van der Waals surface area contributed by atoms with E-state index in [-0.39, 0.29) is 0 Å². The minimum atomic E-state index is -0.892. The van der Waals surface area contributed by atoms with Crippen LogP contribution >= 0.6 is 11.8 Å². The number of thioether (sulfide) groups is 1. The summed E-state index contributed by atoms with van der Waals surface area (Å²) >= 11 is 1.82. The Balaban J connectivity index is 2.30. The zero-order valence-electron chi connectivity index (χ0n) is 8.66. The standard InChI is InChI=1S/C9H18N2O2S/c1-6(14-7-4-13-5-7)3-9(2,11)8(10)12/h6-7H,3-5,11H2,1-2H3,(H2,10,12). The van der Waals surface area contributed by atoms with Gasteiger partial charge < -0.3 is 16.2 Å². The fraction of sp³-hybridized carbons (Fsp3) is 0.889. The molecule has 1 saturated heterocycles. The number of carbonyl (C=O) groups excluding carboxylic acids is 1. The Bertz CT molecular complexity index is 217. The predicted molar refractivity (Wildman–Crippen MR) is 58.1 cm³/mol. The largest absolute Gasteiger partial charge is 0.379 e. The topological polar surface area (TPSA) is 78.3 Å². The molecule has 1 aliphatic heterocycles. The minimum absolute atomic E-state index is 0.339. The second-order valence-electron chi connectivity index (χ2n) is 4.09. The lowest BCUT2D eigenvalue weighted by atomic mass is 9.97. The first kappa shape index (κ1) is 11.8. The molecule has 4 N–H and O–H groups in total. The second kappa shape index (κ2) is 4.51. The van der Waals surface area contributed by atoms with Gasteiger partial charge in [-0.1, -0.05) is 6.92 Å².